The SMILES string of the molecule is CC.CC(=O)C(C)c1ccc(/C=C/C(=O)Nc2ccccc2N)cc1.CCCN1CCOCC1.Cc1ccc(C(F)(F)F)cn1. The Kier molecular flexibility index (Phi) is 18.1. The monoisotopic (exact) mass is 628 g/mol. The van der Waals surface area contributed by atoms with Crippen LogP contribution in [0.15, 0.2) is 72.9 Å². The summed E-state index contributed by atoms with van der Waals surface area (Å²) in [6.07, 6.45) is 0.989. The number of Topliss-reactive ketones (excluding diaryl/α,β-unsaturated/α-hetero) is 1. The minimum absolute atomic E-state index is 0.114. The number of benzene rings is 2. The molecule has 7 nitrogen and oxygen atoms in total. The number of ketones is 1. The first-order valence-electron chi connectivity index (χ1n) is 15.1. The number of nitrogens with two attached hydrogens (primary N) is 1. The molecule has 1 unspecified atom stereocenters. The Labute approximate surface area is 265 Å². The van der Waals surface area contributed by atoms with E-state index in [9.17, 15) is 22.8 Å². The molecule has 0 spiro atoms. The van der Waals surface area contributed by atoms with Crippen molar-refractivity contribution >= 4 is 29.1 Å². The van der Waals surface area contributed by atoms with Crippen LogP contribution in [0.2, 0.25) is 0 Å². The van der Waals surface area contributed by atoms with Crippen molar-refractivity contribution in [2.24, 2.45) is 0 Å². The lowest BCUT2D eigenvalue weighted by Gasteiger charge is -2.25. The summed E-state index contributed by atoms with van der Waals surface area (Å²) in [5.74, 6) is -0.227. The van der Waals surface area contributed by atoms with Gasteiger partial charge in [-0.3, -0.25) is 19.5 Å². The first-order valence-corrected chi connectivity index (χ1v) is 15.1. The number of alkyl halides is 3. The molecule has 0 saturated carbocycles. The third-order valence-electron chi connectivity index (χ3n) is 6.57. The van der Waals surface area contributed by atoms with Gasteiger partial charge < -0.3 is 15.8 Å². The molecule has 3 N–H and O–H groups in total. The van der Waals surface area contributed by atoms with E-state index in [-0.39, 0.29) is 17.6 Å². The first-order chi connectivity index (χ1) is 21.4. The van der Waals surface area contributed by atoms with Gasteiger partial charge in [0.2, 0.25) is 5.91 Å². The molecular formula is C35H47F3N4O3. The maximum absolute atomic E-state index is 11.9. The van der Waals surface area contributed by atoms with Gasteiger partial charge in [0.1, 0.15) is 5.78 Å². The molecule has 1 amide bonds. The highest BCUT2D eigenvalue weighted by Crippen LogP contribution is 2.28. The van der Waals surface area contributed by atoms with Crippen LogP contribution < -0.4 is 11.1 Å². The number of hydrogen-bond acceptors (Lipinski definition) is 6. The van der Waals surface area contributed by atoms with Crippen molar-refractivity contribution in [2.75, 3.05) is 43.9 Å². The molecule has 1 aromatic heterocycles. The number of carbonyl (C=O) groups excluding carboxylic acids is 2. The highest BCUT2D eigenvalue weighted by atomic mass is 19.4. The second-order valence-corrected chi connectivity index (χ2v) is 10.0. The number of amides is 1. The van der Waals surface area contributed by atoms with Crippen LogP contribution >= 0.6 is 0 Å². The summed E-state index contributed by atoms with van der Waals surface area (Å²) in [6, 6.07) is 17.0. The van der Waals surface area contributed by atoms with Crippen molar-refractivity contribution in [2.45, 2.75) is 60.1 Å². The number of aromatic nitrogens is 1. The molecule has 3 aromatic rings. The molecule has 1 aliphatic rings. The number of hydrogen-bond donors (Lipinski definition) is 2. The Morgan fingerprint density at radius 3 is 2.18 bits per heavy atom. The van der Waals surface area contributed by atoms with E-state index < -0.39 is 11.7 Å². The van der Waals surface area contributed by atoms with E-state index in [0.717, 1.165) is 49.7 Å². The molecule has 1 aliphatic heterocycles. The maximum Gasteiger partial charge on any atom is 0.417 e. The Morgan fingerprint density at radius 2 is 1.67 bits per heavy atom. The van der Waals surface area contributed by atoms with Crippen LogP contribution in [0.3, 0.4) is 0 Å². The lowest BCUT2D eigenvalue weighted by molar-refractivity contribution is -0.137. The number of aryl methyl sites for hydroxylation is 1. The van der Waals surface area contributed by atoms with E-state index in [1.165, 1.54) is 25.1 Å². The van der Waals surface area contributed by atoms with Crippen LogP contribution in [0.4, 0.5) is 24.5 Å². The summed E-state index contributed by atoms with van der Waals surface area (Å²) in [4.78, 5) is 29.2. The molecule has 2 heterocycles. The number of nitrogens with one attached hydrogen (secondary N) is 1. The van der Waals surface area contributed by atoms with Crippen LogP contribution in [-0.2, 0) is 20.5 Å². The average molecular weight is 629 g/mol. The molecule has 4 rings (SSSR count). The third-order valence-corrected chi connectivity index (χ3v) is 6.57. The standard InChI is InChI=1S/C19H20N2O2.C7H6F3N.C7H15NO.C2H6/c1-13(14(2)22)16-10-7-15(8-11-16)9-12-19(23)21-18-6-4-3-5-17(18)20;1-5-2-3-6(4-11-5)7(8,9)10;1-2-3-8-4-6-9-7-5-8;1-2/h3-13H,20H2,1-2H3,(H,21,23);2-4H,1H3;2-7H2,1H3;1-2H3/b12-9+;;;. The summed E-state index contributed by atoms with van der Waals surface area (Å²) >= 11 is 0. The molecule has 0 aliphatic carbocycles. The van der Waals surface area contributed by atoms with E-state index in [1.54, 1.807) is 32.1 Å². The zero-order valence-corrected chi connectivity index (χ0v) is 27.2. The Balaban J connectivity index is 0.000000380. The van der Waals surface area contributed by atoms with Gasteiger partial charge in [-0.25, -0.2) is 0 Å². The van der Waals surface area contributed by atoms with E-state index in [2.05, 4.69) is 22.1 Å². The minimum Gasteiger partial charge on any atom is -0.397 e. The maximum atomic E-state index is 11.9. The lowest BCUT2D eigenvalue weighted by Crippen LogP contribution is -2.36. The van der Waals surface area contributed by atoms with E-state index in [0.29, 0.717) is 17.1 Å². The van der Waals surface area contributed by atoms with Crippen LogP contribution in [0.25, 0.3) is 6.08 Å². The van der Waals surface area contributed by atoms with Crippen molar-refractivity contribution in [3.8, 4) is 0 Å². The number of nitrogens with zero attached hydrogens (tertiary/aromatic N) is 2. The van der Waals surface area contributed by atoms with Crippen LogP contribution in [0.1, 0.15) is 69.3 Å². The van der Waals surface area contributed by atoms with Gasteiger partial charge in [-0.15, -0.1) is 0 Å². The van der Waals surface area contributed by atoms with Crippen molar-refractivity contribution in [1.29, 1.82) is 0 Å². The fraction of sp³-hybridized carbons (Fsp3) is 0.400. The second-order valence-electron chi connectivity index (χ2n) is 10.0. The summed E-state index contributed by atoms with van der Waals surface area (Å²) < 4.78 is 40.8. The topological polar surface area (TPSA) is 97.5 Å². The smallest absolute Gasteiger partial charge is 0.397 e. The van der Waals surface area contributed by atoms with Crippen LogP contribution in [0.5, 0.6) is 0 Å². The average Bonchev–Trinajstić information content (AvgIpc) is 3.03. The predicted octanol–water partition coefficient (Wildman–Crippen LogP) is 7.78. The number of anilines is 2. The molecule has 0 radical (unpaired) electrons. The van der Waals surface area contributed by atoms with Crippen molar-refractivity contribution in [3.63, 3.8) is 0 Å². The van der Waals surface area contributed by atoms with Gasteiger partial charge in [0.05, 0.1) is 30.2 Å². The molecule has 2 aromatic carbocycles. The number of pyridine rings is 1. The van der Waals surface area contributed by atoms with Gasteiger partial charge in [0.25, 0.3) is 0 Å². The summed E-state index contributed by atoms with van der Waals surface area (Å²) in [5.41, 5.74) is 8.63. The highest BCUT2D eigenvalue weighted by molar-refractivity contribution is 6.03. The largest absolute Gasteiger partial charge is 0.417 e. The van der Waals surface area contributed by atoms with Gasteiger partial charge in [0, 0.05) is 37.0 Å². The zero-order valence-electron chi connectivity index (χ0n) is 27.2. The molecule has 1 saturated heterocycles. The van der Waals surface area contributed by atoms with Gasteiger partial charge in [-0.05, 0) is 68.3 Å². The normalized spacial score (nSPS) is 13.6. The Bertz CT molecular complexity index is 1300. The third kappa shape index (κ3) is 15.5. The number of carbonyl (C=O) groups is 2. The number of halogens is 3. The van der Waals surface area contributed by atoms with E-state index >= 15 is 0 Å². The first kappa shape index (κ1) is 39.0. The Morgan fingerprint density at radius 1 is 1.04 bits per heavy atom. The quantitative estimate of drug-likeness (QED) is 0.205. The number of rotatable bonds is 7. The van der Waals surface area contributed by atoms with Crippen molar-refractivity contribution in [3.05, 3.63) is 95.3 Å². The fourth-order valence-corrected chi connectivity index (χ4v) is 3.86. The van der Waals surface area contributed by atoms with Crippen molar-refractivity contribution < 1.29 is 27.5 Å². The summed E-state index contributed by atoms with van der Waals surface area (Å²) in [5, 5.41) is 2.73. The van der Waals surface area contributed by atoms with Gasteiger partial charge in [-0.2, -0.15) is 13.2 Å². The van der Waals surface area contributed by atoms with Gasteiger partial charge in [0.15, 0.2) is 0 Å². The zero-order chi connectivity index (χ0) is 33.8. The number of ether oxygens (including phenoxy) is 1. The van der Waals surface area contributed by atoms with Gasteiger partial charge >= 0.3 is 6.18 Å². The lowest BCUT2D eigenvalue weighted by atomic mass is 9.96. The molecule has 10 heteroatoms. The number of morpholine rings is 1. The van der Waals surface area contributed by atoms with Crippen molar-refractivity contribution in [1.82, 2.24) is 9.88 Å². The molecular weight excluding hydrogens is 581 g/mol. The van der Waals surface area contributed by atoms with E-state index in [1.807, 2.05) is 57.2 Å². The van der Waals surface area contributed by atoms with Gasteiger partial charge in [-0.1, -0.05) is 64.1 Å². The van der Waals surface area contributed by atoms with E-state index in [4.69, 9.17) is 10.5 Å². The second kappa shape index (κ2) is 20.8. The number of nitrogen functional groups attached to an aromatic ring is 1. The molecule has 246 valence electrons. The highest BCUT2D eigenvalue weighted by Gasteiger charge is 2.30. The number of para-hydroxylation sites is 2. The summed E-state index contributed by atoms with van der Waals surface area (Å²) in [7, 11) is 0. The Hall–Kier alpha value is -4.02. The minimum atomic E-state index is -4.28. The molecule has 1 atom stereocenters. The summed E-state index contributed by atoms with van der Waals surface area (Å²) in [6.45, 7) is 16.7. The molecule has 1 fully saturated rings. The van der Waals surface area contributed by atoms with Crippen LogP contribution in [-0.4, -0.2) is 54.4 Å². The van der Waals surface area contributed by atoms with Crippen LogP contribution in [0, 0.1) is 6.92 Å². The molecule has 0 bridgehead atoms. The molecule has 45 heavy (non-hydrogen) atoms. The predicted molar refractivity (Wildman–Crippen MR) is 177 cm³/mol. The fourth-order valence-electron chi connectivity index (χ4n) is 3.86.